The van der Waals surface area contributed by atoms with Crippen LogP contribution in [0.25, 0.3) is 0 Å². The molecule has 1 nitrogen and oxygen atoms in total. The summed E-state index contributed by atoms with van der Waals surface area (Å²) < 4.78 is 1.31. The second-order valence-corrected chi connectivity index (χ2v) is 4.56. The highest BCUT2D eigenvalue weighted by Crippen LogP contribution is 2.09. The molecule has 0 aromatic carbocycles. The lowest BCUT2D eigenvalue weighted by atomic mass is 10.2. The molecule has 0 spiro atoms. The highest BCUT2D eigenvalue weighted by molar-refractivity contribution is 9.09. The average molecular weight is 251 g/mol. The molecule has 0 amide bonds. The van der Waals surface area contributed by atoms with Crippen LogP contribution in [0.1, 0.15) is 40.0 Å². The number of halogens is 1. The van der Waals surface area contributed by atoms with E-state index in [1.165, 1.54) is 49.9 Å². The van der Waals surface area contributed by atoms with E-state index in [1.807, 2.05) is 0 Å². The first-order chi connectivity index (χ1) is 6.24. The predicted octanol–water partition coefficient (Wildman–Crippen LogP) is 3.43. The Morgan fingerprint density at radius 1 is 0.846 bits per heavy atom. The Morgan fingerprint density at radius 2 is 1.38 bits per heavy atom. The average Bonchev–Trinajstić information content (AvgIpc) is 2.20. The van der Waals surface area contributed by atoms with Crippen LogP contribution in [-0.2, 0) is 0 Å². The van der Waals surface area contributed by atoms with E-state index in [0.29, 0.717) is 0 Å². The second-order valence-electron chi connectivity index (χ2n) is 3.76. The van der Waals surface area contributed by atoms with Crippen molar-refractivity contribution >= 4 is 15.9 Å². The van der Waals surface area contributed by atoms with Crippen LogP contribution in [0, 0.1) is 0 Å². The van der Waals surface area contributed by atoms with E-state index in [2.05, 4.69) is 36.7 Å². The molecular weight excluding hydrogens is 226 g/mol. The van der Waals surface area contributed by atoms with Gasteiger partial charge in [0.15, 0.2) is 0 Å². The fourth-order valence-corrected chi connectivity index (χ4v) is 2.26. The van der Waals surface area contributed by atoms with E-state index in [9.17, 15) is 0 Å². The molecule has 0 heterocycles. The van der Waals surface area contributed by atoms with Gasteiger partial charge in [-0.3, -0.25) is 0 Å². The van der Waals surface area contributed by atoms with Crippen LogP contribution < -0.4 is 0 Å². The maximum Gasteiger partial charge on any atom is 0.0786 e. The standard InChI is InChI=1S/C11H25BrN/c1-4-13(5-2,6-3)11-9-7-8-10-12/h4-11H2,1-3H3/q+1. The zero-order chi connectivity index (χ0) is 10.2. The van der Waals surface area contributed by atoms with Crippen molar-refractivity contribution in [3.05, 3.63) is 0 Å². The lowest BCUT2D eigenvalue weighted by Crippen LogP contribution is -2.48. The van der Waals surface area contributed by atoms with Gasteiger partial charge in [-0.15, -0.1) is 0 Å². The molecule has 0 saturated carbocycles. The summed E-state index contributed by atoms with van der Waals surface area (Å²) in [5.41, 5.74) is 0. The molecule has 0 fully saturated rings. The number of unbranched alkanes of at least 4 members (excludes halogenated alkanes) is 2. The molecule has 0 radical (unpaired) electrons. The summed E-state index contributed by atoms with van der Waals surface area (Å²) in [6.07, 6.45) is 4.10. The molecule has 80 valence electrons. The van der Waals surface area contributed by atoms with Crippen molar-refractivity contribution in [3.8, 4) is 0 Å². The van der Waals surface area contributed by atoms with Gasteiger partial charge in [-0.25, -0.2) is 0 Å². The first kappa shape index (κ1) is 13.4. The Hall–Kier alpha value is 0.440. The Bertz CT molecular complexity index is 102. The first-order valence-electron chi connectivity index (χ1n) is 5.65. The third-order valence-electron chi connectivity index (χ3n) is 3.28. The minimum Gasteiger partial charge on any atom is -0.324 e. The van der Waals surface area contributed by atoms with Crippen molar-refractivity contribution in [3.63, 3.8) is 0 Å². The van der Waals surface area contributed by atoms with E-state index in [-0.39, 0.29) is 0 Å². The Labute approximate surface area is 92.2 Å². The number of hydrogen-bond acceptors (Lipinski definition) is 0. The molecule has 2 heteroatoms. The van der Waals surface area contributed by atoms with Gasteiger partial charge in [0.25, 0.3) is 0 Å². The molecule has 0 aliphatic rings. The van der Waals surface area contributed by atoms with E-state index in [0.717, 1.165) is 5.33 Å². The summed E-state index contributed by atoms with van der Waals surface area (Å²) in [6, 6.07) is 0. The largest absolute Gasteiger partial charge is 0.324 e. The number of hydrogen-bond donors (Lipinski definition) is 0. The summed E-state index contributed by atoms with van der Waals surface area (Å²) in [6.45, 7) is 12.2. The van der Waals surface area contributed by atoms with Gasteiger partial charge in [-0.1, -0.05) is 15.9 Å². The first-order valence-corrected chi connectivity index (χ1v) is 6.77. The zero-order valence-corrected chi connectivity index (χ0v) is 11.1. The van der Waals surface area contributed by atoms with Crippen molar-refractivity contribution < 1.29 is 4.48 Å². The molecule has 0 atom stereocenters. The molecule has 0 aromatic rings. The van der Waals surface area contributed by atoms with E-state index < -0.39 is 0 Å². The Kier molecular flexibility index (Phi) is 8.07. The lowest BCUT2D eigenvalue weighted by Gasteiger charge is -2.35. The van der Waals surface area contributed by atoms with E-state index in [1.54, 1.807) is 0 Å². The van der Waals surface area contributed by atoms with Gasteiger partial charge in [0.05, 0.1) is 26.2 Å². The predicted molar refractivity (Wildman–Crippen MR) is 64.4 cm³/mol. The summed E-state index contributed by atoms with van der Waals surface area (Å²) in [5.74, 6) is 0. The molecular formula is C11H25BrN+. The summed E-state index contributed by atoms with van der Waals surface area (Å²) in [4.78, 5) is 0. The van der Waals surface area contributed by atoms with E-state index in [4.69, 9.17) is 0 Å². The fraction of sp³-hybridized carbons (Fsp3) is 1.00. The fourth-order valence-electron chi connectivity index (χ4n) is 1.86. The maximum atomic E-state index is 3.48. The third-order valence-corrected chi connectivity index (χ3v) is 3.84. The van der Waals surface area contributed by atoms with Crippen LogP contribution in [0.2, 0.25) is 0 Å². The lowest BCUT2D eigenvalue weighted by molar-refractivity contribution is -0.923. The van der Waals surface area contributed by atoms with Crippen molar-refractivity contribution in [2.75, 3.05) is 31.5 Å². The van der Waals surface area contributed by atoms with E-state index >= 15 is 0 Å². The normalized spacial score (nSPS) is 12.0. The van der Waals surface area contributed by atoms with Crippen LogP contribution >= 0.6 is 15.9 Å². The van der Waals surface area contributed by atoms with Crippen LogP contribution in [-0.4, -0.2) is 36.0 Å². The quantitative estimate of drug-likeness (QED) is 0.352. The SMILES string of the molecule is CC[N+](CC)(CC)CCCCCBr. The summed E-state index contributed by atoms with van der Waals surface area (Å²) in [7, 11) is 0. The molecule has 0 rings (SSSR count). The maximum absolute atomic E-state index is 3.48. The Morgan fingerprint density at radius 3 is 1.77 bits per heavy atom. The van der Waals surface area contributed by atoms with Crippen LogP contribution in [0.3, 0.4) is 0 Å². The van der Waals surface area contributed by atoms with Crippen molar-refractivity contribution in [1.29, 1.82) is 0 Å². The van der Waals surface area contributed by atoms with Gasteiger partial charge in [0.1, 0.15) is 0 Å². The van der Waals surface area contributed by atoms with Gasteiger partial charge in [0.2, 0.25) is 0 Å². The number of quaternary nitrogens is 1. The topological polar surface area (TPSA) is 0 Å². The second kappa shape index (κ2) is 7.81. The monoisotopic (exact) mass is 250 g/mol. The third kappa shape index (κ3) is 5.02. The number of nitrogens with zero attached hydrogens (tertiary/aromatic N) is 1. The molecule has 0 saturated heterocycles. The minimum absolute atomic E-state index is 1.16. The van der Waals surface area contributed by atoms with Crippen LogP contribution in [0.15, 0.2) is 0 Å². The van der Waals surface area contributed by atoms with Crippen molar-refractivity contribution in [2.24, 2.45) is 0 Å². The number of rotatable bonds is 8. The van der Waals surface area contributed by atoms with Crippen LogP contribution in [0.4, 0.5) is 0 Å². The van der Waals surface area contributed by atoms with Crippen molar-refractivity contribution in [2.45, 2.75) is 40.0 Å². The molecule has 0 bridgehead atoms. The van der Waals surface area contributed by atoms with Gasteiger partial charge >= 0.3 is 0 Å². The highest BCUT2D eigenvalue weighted by atomic mass is 79.9. The molecule has 0 aromatic heterocycles. The van der Waals surface area contributed by atoms with Crippen molar-refractivity contribution in [1.82, 2.24) is 0 Å². The van der Waals surface area contributed by atoms with Gasteiger partial charge in [-0.05, 0) is 40.0 Å². The molecule has 13 heavy (non-hydrogen) atoms. The molecule has 0 N–H and O–H groups in total. The van der Waals surface area contributed by atoms with Gasteiger partial charge in [0, 0.05) is 5.33 Å². The molecule has 0 aliphatic carbocycles. The van der Waals surface area contributed by atoms with Gasteiger partial charge in [-0.2, -0.15) is 0 Å². The number of alkyl halides is 1. The minimum atomic E-state index is 1.16. The summed E-state index contributed by atoms with van der Waals surface area (Å²) >= 11 is 3.48. The molecule has 0 aliphatic heterocycles. The van der Waals surface area contributed by atoms with Gasteiger partial charge < -0.3 is 4.48 Å². The highest BCUT2D eigenvalue weighted by Gasteiger charge is 2.19. The smallest absolute Gasteiger partial charge is 0.0786 e. The summed E-state index contributed by atoms with van der Waals surface area (Å²) in [5, 5.41) is 1.16. The van der Waals surface area contributed by atoms with Crippen LogP contribution in [0.5, 0.6) is 0 Å². The Balaban J connectivity index is 3.68. The zero-order valence-electron chi connectivity index (χ0n) is 9.48. The molecule has 0 unspecified atom stereocenters.